The van der Waals surface area contributed by atoms with Crippen LogP contribution in [0.25, 0.3) is 0 Å². The predicted octanol–water partition coefficient (Wildman–Crippen LogP) is 0.961. The van der Waals surface area contributed by atoms with Crippen LogP contribution in [0.3, 0.4) is 0 Å². The van der Waals surface area contributed by atoms with E-state index in [2.05, 4.69) is 0 Å². The minimum atomic E-state index is 0.822. The van der Waals surface area contributed by atoms with Crippen LogP contribution in [-0.2, 0) is 19.4 Å². The van der Waals surface area contributed by atoms with E-state index in [0.717, 1.165) is 5.47 Å². The van der Waals surface area contributed by atoms with Crippen LogP contribution in [0.2, 0.25) is 6.82 Å². The van der Waals surface area contributed by atoms with Gasteiger partial charge in [-0.3, -0.25) is 0 Å². The summed E-state index contributed by atoms with van der Waals surface area (Å²) in [5.41, 5.74) is 0.822. The summed E-state index contributed by atoms with van der Waals surface area (Å²) in [6, 6.07) is 0. The van der Waals surface area contributed by atoms with Gasteiger partial charge >= 0.3 is 62.1 Å². The Morgan fingerprint density at radius 2 is 2.38 bits per heavy atom. The fraction of sp³-hybridized carbons (Fsp3) is 0.167. The van der Waals surface area contributed by atoms with E-state index in [9.17, 15) is 0 Å². The van der Waals surface area contributed by atoms with Crippen LogP contribution in [0, 0.1) is 6.58 Å². The first-order valence-electron chi connectivity index (χ1n) is 2.35. The molecule has 0 aliphatic rings. The summed E-state index contributed by atoms with van der Waals surface area (Å²) >= 11 is 1.44. The van der Waals surface area contributed by atoms with Gasteiger partial charge in [0.2, 0.25) is 0 Å². The van der Waals surface area contributed by atoms with E-state index in [4.69, 9.17) is 6.58 Å². The number of hydrogen-bond acceptors (Lipinski definition) is 0. The van der Waals surface area contributed by atoms with Crippen LogP contribution in [0.15, 0.2) is 17.6 Å². The van der Waals surface area contributed by atoms with E-state index < -0.39 is 0 Å². The molecule has 0 saturated heterocycles. The van der Waals surface area contributed by atoms with Crippen molar-refractivity contribution >= 4 is 11.7 Å². The Balaban J connectivity index is 3.52. The molecular weight excluding hydrogens is 267 g/mol. The van der Waals surface area contributed by atoms with Crippen molar-refractivity contribution in [3.8, 4) is 0 Å². The molecule has 0 nitrogen and oxygen atoms in total. The Hall–Kier alpha value is 0.103. The molecule has 0 spiro atoms. The average Bonchev–Trinajstić information content (AvgIpc) is 1.83. The van der Waals surface area contributed by atoms with Gasteiger partial charge in [-0.2, -0.15) is 0 Å². The zero-order valence-corrected chi connectivity index (χ0v) is 7.73. The summed E-state index contributed by atoms with van der Waals surface area (Å²) < 4.78 is 2.02. The SMILES string of the molecule is [CH-]=C([B]C)/C=C\[CH]=[W]. The fourth-order valence-corrected chi connectivity index (χ4v) is 0.529. The summed E-state index contributed by atoms with van der Waals surface area (Å²) in [6.45, 7) is 7.34. The molecule has 0 unspecified atom stereocenters. The van der Waals surface area contributed by atoms with Crippen molar-refractivity contribution in [3.05, 3.63) is 24.2 Å². The van der Waals surface area contributed by atoms with Crippen LogP contribution in [0.4, 0.5) is 0 Å². The fourth-order valence-electron chi connectivity index (χ4n) is 0.247. The Morgan fingerprint density at radius 1 is 1.75 bits per heavy atom. The zero-order valence-electron chi connectivity index (χ0n) is 4.79. The molecule has 0 N–H and O–H groups in total. The normalized spacial score (nSPS) is 9.12. The molecule has 0 aromatic heterocycles. The second kappa shape index (κ2) is 5.24. The molecule has 0 heterocycles. The Bertz CT molecular complexity index is 116. The van der Waals surface area contributed by atoms with Gasteiger partial charge in [0.25, 0.3) is 0 Å². The molecule has 0 bridgehead atoms. The zero-order chi connectivity index (χ0) is 6.41. The average molecular weight is 274 g/mol. The summed E-state index contributed by atoms with van der Waals surface area (Å²) in [5.74, 6) is 0. The third-order valence-corrected chi connectivity index (χ3v) is 1.27. The van der Waals surface area contributed by atoms with Crippen LogP contribution in [-0.4, -0.2) is 11.7 Å². The van der Waals surface area contributed by atoms with Crippen molar-refractivity contribution < 1.29 is 19.4 Å². The van der Waals surface area contributed by atoms with Crippen LogP contribution < -0.4 is 0 Å². The van der Waals surface area contributed by atoms with Crippen LogP contribution in [0.5, 0.6) is 0 Å². The van der Waals surface area contributed by atoms with Gasteiger partial charge in [0.15, 0.2) is 0 Å². The maximum atomic E-state index is 5.42. The van der Waals surface area contributed by atoms with E-state index in [0.29, 0.717) is 0 Å². The van der Waals surface area contributed by atoms with Crippen molar-refractivity contribution in [2.75, 3.05) is 0 Å². The molecule has 0 aromatic rings. The van der Waals surface area contributed by atoms with Crippen LogP contribution >= 0.6 is 0 Å². The molecule has 1 radical (unpaired) electrons. The van der Waals surface area contributed by atoms with Gasteiger partial charge in [0.05, 0.1) is 0 Å². The van der Waals surface area contributed by atoms with Gasteiger partial charge in [-0.1, -0.05) is 0 Å². The first-order chi connectivity index (χ1) is 3.81. The maximum absolute atomic E-state index is 5.42. The topological polar surface area (TPSA) is 0 Å². The molecule has 0 atom stereocenters. The van der Waals surface area contributed by atoms with E-state index in [1.807, 2.05) is 30.7 Å². The van der Waals surface area contributed by atoms with Crippen molar-refractivity contribution in [1.82, 2.24) is 0 Å². The van der Waals surface area contributed by atoms with Gasteiger partial charge in [0, 0.05) is 0 Å². The quantitative estimate of drug-likeness (QED) is 0.408. The third kappa shape index (κ3) is 4.27. The van der Waals surface area contributed by atoms with Gasteiger partial charge in [-0.15, -0.1) is 0 Å². The summed E-state index contributed by atoms with van der Waals surface area (Å²) in [4.78, 5) is 0. The molecule has 8 heavy (non-hydrogen) atoms. The first-order valence-corrected chi connectivity index (χ1v) is 4.04. The standard InChI is InChI=1S/C6H7B.W/c1-4-5-6(2)7-3;/h1-2,4-5H,3H3;/q-1;/b5-4-;. The Morgan fingerprint density at radius 3 is 2.75 bits per heavy atom. The Labute approximate surface area is 62.3 Å². The summed E-state index contributed by atoms with van der Waals surface area (Å²) in [5, 5.41) is 0. The third-order valence-electron chi connectivity index (χ3n) is 0.701. The second-order valence-electron chi connectivity index (χ2n) is 1.28. The number of hydrogen-bond donors (Lipinski definition) is 0. The molecule has 0 amide bonds. The second-order valence-corrected chi connectivity index (χ2v) is 2.26. The summed E-state index contributed by atoms with van der Waals surface area (Å²) in [7, 11) is 1.87. The predicted molar refractivity (Wildman–Crippen MR) is 34.6 cm³/mol. The van der Waals surface area contributed by atoms with E-state index >= 15 is 0 Å². The van der Waals surface area contributed by atoms with Crippen molar-refractivity contribution in [1.29, 1.82) is 0 Å². The molecule has 0 fully saturated rings. The Kier molecular flexibility index (Phi) is 5.31. The van der Waals surface area contributed by atoms with E-state index in [1.54, 1.807) is 0 Å². The molecular formula is C6H7BW-. The molecule has 0 aromatic carbocycles. The van der Waals surface area contributed by atoms with Gasteiger partial charge in [-0.25, -0.2) is 0 Å². The minimum absolute atomic E-state index is 0.822. The molecule has 0 aliphatic heterocycles. The van der Waals surface area contributed by atoms with Crippen LogP contribution in [0.1, 0.15) is 0 Å². The van der Waals surface area contributed by atoms with Crippen molar-refractivity contribution in [2.45, 2.75) is 6.82 Å². The number of rotatable bonds is 3. The van der Waals surface area contributed by atoms with Gasteiger partial charge < -0.3 is 0 Å². The van der Waals surface area contributed by atoms with Crippen molar-refractivity contribution in [2.24, 2.45) is 0 Å². The van der Waals surface area contributed by atoms with E-state index in [-0.39, 0.29) is 0 Å². The van der Waals surface area contributed by atoms with Gasteiger partial charge in [-0.05, 0) is 0 Å². The monoisotopic (exact) mass is 274 g/mol. The van der Waals surface area contributed by atoms with Gasteiger partial charge in [0.1, 0.15) is 0 Å². The molecule has 0 aliphatic carbocycles. The molecule has 0 rings (SSSR count). The first kappa shape index (κ1) is 8.10. The number of allylic oxidation sites excluding steroid dienone is 3. The molecule has 0 saturated carbocycles. The van der Waals surface area contributed by atoms with E-state index in [1.165, 1.54) is 19.4 Å². The molecule has 2 heteroatoms. The van der Waals surface area contributed by atoms with Crippen molar-refractivity contribution in [3.63, 3.8) is 0 Å². The molecule has 41 valence electrons. The summed E-state index contributed by atoms with van der Waals surface area (Å²) in [6.07, 6.45) is 3.83.